The van der Waals surface area contributed by atoms with E-state index in [0.717, 1.165) is 0 Å². The number of hydrogen-bond acceptors (Lipinski definition) is 5. The molecule has 0 amide bonds. The maximum atomic E-state index is 12.5. The molecule has 2 aromatic heterocycles. The molecule has 3 aromatic rings. The number of methoxy groups -OCH3 is 1. The molecule has 3 rings (SSSR count). The van der Waals surface area contributed by atoms with Crippen LogP contribution in [0.4, 0.5) is 0 Å². The summed E-state index contributed by atoms with van der Waals surface area (Å²) >= 11 is 5.47. The van der Waals surface area contributed by atoms with E-state index in [1.165, 1.54) is 7.11 Å². The molecule has 1 aromatic carbocycles. The standard InChI is InChI=1S/C17H15ClN2O4/c1-4-11-13(8(2)24-20-11)15-14(16(21)17(18)22)10-7-9(23-3)5-6-12(10)19-15/h5-7,19H,4H2,1-3H3. The number of carbonyl (C=O) groups is 2. The van der Waals surface area contributed by atoms with E-state index in [2.05, 4.69) is 10.1 Å². The first-order chi connectivity index (χ1) is 11.5. The number of carbonyl (C=O) groups excluding carboxylic acids is 2. The monoisotopic (exact) mass is 346 g/mol. The quantitative estimate of drug-likeness (QED) is 0.433. The van der Waals surface area contributed by atoms with Gasteiger partial charge in [0.1, 0.15) is 11.5 Å². The zero-order valence-electron chi connectivity index (χ0n) is 13.4. The fraction of sp³-hybridized carbons (Fsp3) is 0.235. The summed E-state index contributed by atoms with van der Waals surface area (Å²) in [5.74, 6) is 0.345. The topological polar surface area (TPSA) is 85.2 Å². The molecule has 124 valence electrons. The van der Waals surface area contributed by atoms with Crippen molar-refractivity contribution >= 4 is 33.5 Å². The van der Waals surface area contributed by atoms with Gasteiger partial charge in [-0.15, -0.1) is 0 Å². The number of aromatic nitrogens is 2. The SMILES string of the molecule is CCc1noc(C)c1-c1[nH]c2ccc(OC)cc2c1C(=O)C(=O)Cl. The Morgan fingerprint density at radius 3 is 2.75 bits per heavy atom. The predicted molar refractivity (Wildman–Crippen MR) is 89.7 cm³/mol. The highest BCUT2D eigenvalue weighted by Gasteiger charge is 2.27. The third-order valence-corrected chi connectivity index (χ3v) is 4.10. The van der Waals surface area contributed by atoms with Crippen molar-refractivity contribution in [3.05, 3.63) is 35.2 Å². The maximum Gasteiger partial charge on any atom is 0.293 e. The van der Waals surface area contributed by atoms with E-state index in [9.17, 15) is 9.59 Å². The van der Waals surface area contributed by atoms with E-state index in [1.807, 2.05) is 6.92 Å². The highest BCUT2D eigenvalue weighted by Crippen LogP contribution is 2.36. The number of ketones is 1. The lowest BCUT2D eigenvalue weighted by Crippen LogP contribution is -2.08. The minimum atomic E-state index is -1.05. The molecule has 2 heterocycles. The lowest BCUT2D eigenvalue weighted by molar-refractivity contribution is -0.108. The van der Waals surface area contributed by atoms with Crippen LogP contribution in [0.3, 0.4) is 0 Å². The first-order valence-electron chi connectivity index (χ1n) is 7.37. The maximum absolute atomic E-state index is 12.5. The van der Waals surface area contributed by atoms with Crippen LogP contribution in [0, 0.1) is 6.92 Å². The molecule has 0 radical (unpaired) electrons. The zero-order valence-corrected chi connectivity index (χ0v) is 14.2. The van der Waals surface area contributed by atoms with E-state index in [-0.39, 0.29) is 5.56 Å². The van der Waals surface area contributed by atoms with Crippen LogP contribution in [0.5, 0.6) is 5.75 Å². The summed E-state index contributed by atoms with van der Waals surface area (Å²) < 4.78 is 10.5. The summed E-state index contributed by atoms with van der Waals surface area (Å²) in [5, 5.41) is 3.52. The summed E-state index contributed by atoms with van der Waals surface area (Å²) in [6.45, 7) is 3.69. The number of fused-ring (bicyclic) bond motifs is 1. The van der Waals surface area contributed by atoms with Crippen LogP contribution in [0.1, 0.15) is 28.7 Å². The van der Waals surface area contributed by atoms with Gasteiger partial charge in [0.05, 0.1) is 29.6 Å². The van der Waals surface area contributed by atoms with Gasteiger partial charge in [-0.05, 0) is 43.1 Å². The second-order valence-electron chi connectivity index (χ2n) is 5.30. The van der Waals surface area contributed by atoms with Crippen molar-refractivity contribution in [3.63, 3.8) is 0 Å². The second-order valence-corrected chi connectivity index (χ2v) is 5.65. The molecular weight excluding hydrogens is 332 g/mol. The molecule has 0 atom stereocenters. The number of hydrogen-bond donors (Lipinski definition) is 1. The zero-order chi connectivity index (χ0) is 17.4. The molecule has 0 spiro atoms. The fourth-order valence-electron chi connectivity index (χ4n) is 2.80. The van der Waals surface area contributed by atoms with E-state index in [1.54, 1.807) is 25.1 Å². The lowest BCUT2D eigenvalue weighted by Gasteiger charge is -2.03. The normalized spacial score (nSPS) is 11.0. The molecule has 1 N–H and O–H groups in total. The minimum absolute atomic E-state index is 0.199. The van der Waals surface area contributed by atoms with Gasteiger partial charge >= 0.3 is 0 Å². The molecule has 0 aliphatic carbocycles. The van der Waals surface area contributed by atoms with Gasteiger partial charge in [0.2, 0.25) is 5.78 Å². The number of Topliss-reactive ketones (excluding diaryl/α,β-unsaturated/α-hetero) is 1. The number of aryl methyl sites for hydroxylation is 2. The molecule has 6 nitrogen and oxygen atoms in total. The largest absolute Gasteiger partial charge is 0.497 e. The van der Waals surface area contributed by atoms with Crippen molar-refractivity contribution in [2.24, 2.45) is 0 Å². The van der Waals surface area contributed by atoms with Crippen LogP contribution in [0.25, 0.3) is 22.2 Å². The van der Waals surface area contributed by atoms with Gasteiger partial charge < -0.3 is 14.2 Å². The Morgan fingerprint density at radius 1 is 1.38 bits per heavy atom. The van der Waals surface area contributed by atoms with Gasteiger partial charge in [0, 0.05) is 10.9 Å². The molecule has 24 heavy (non-hydrogen) atoms. The van der Waals surface area contributed by atoms with E-state index in [0.29, 0.717) is 45.8 Å². The summed E-state index contributed by atoms with van der Waals surface area (Å²) in [6.07, 6.45) is 0.619. The van der Waals surface area contributed by atoms with Gasteiger partial charge in [-0.3, -0.25) is 9.59 Å². The highest BCUT2D eigenvalue weighted by atomic mass is 35.5. The predicted octanol–water partition coefficient (Wildman–Crippen LogP) is 3.65. The van der Waals surface area contributed by atoms with Crippen LogP contribution >= 0.6 is 11.6 Å². The smallest absolute Gasteiger partial charge is 0.293 e. The van der Waals surface area contributed by atoms with Crippen molar-refractivity contribution in [1.29, 1.82) is 0 Å². The summed E-state index contributed by atoms with van der Waals surface area (Å²) in [5.41, 5.74) is 2.74. The number of nitrogens with zero attached hydrogens (tertiary/aromatic N) is 1. The molecule has 0 fully saturated rings. The number of H-pyrrole nitrogens is 1. The van der Waals surface area contributed by atoms with Gasteiger partial charge in [-0.2, -0.15) is 0 Å². The Morgan fingerprint density at radius 2 is 2.12 bits per heavy atom. The Kier molecular flexibility index (Phi) is 4.15. The van der Waals surface area contributed by atoms with Crippen LogP contribution in [0.2, 0.25) is 0 Å². The number of rotatable bonds is 5. The minimum Gasteiger partial charge on any atom is -0.497 e. The molecule has 0 aliphatic heterocycles. The fourth-order valence-corrected chi connectivity index (χ4v) is 2.89. The van der Waals surface area contributed by atoms with Crippen molar-refractivity contribution in [1.82, 2.24) is 10.1 Å². The van der Waals surface area contributed by atoms with Crippen molar-refractivity contribution in [2.75, 3.05) is 7.11 Å². The number of aromatic amines is 1. The molecule has 0 saturated heterocycles. The van der Waals surface area contributed by atoms with E-state index < -0.39 is 11.0 Å². The van der Waals surface area contributed by atoms with Crippen molar-refractivity contribution < 1.29 is 18.8 Å². The van der Waals surface area contributed by atoms with Gasteiger partial charge in [-0.1, -0.05) is 12.1 Å². The first-order valence-corrected chi connectivity index (χ1v) is 7.75. The Balaban J connectivity index is 2.39. The van der Waals surface area contributed by atoms with E-state index in [4.69, 9.17) is 20.9 Å². The summed E-state index contributed by atoms with van der Waals surface area (Å²) in [4.78, 5) is 27.2. The second kappa shape index (κ2) is 6.13. The number of ether oxygens (including phenoxy) is 1. The van der Waals surface area contributed by atoms with Crippen molar-refractivity contribution in [2.45, 2.75) is 20.3 Å². The molecule has 7 heteroatoms. The lowest BCUT2D eigenvalue weighted by atomic mass is 10.00. The summed E-state index contributed by atoms with van der Waals surface area (Å²) in [7, 11) is 1.53. The Bertz CT molecular complexity index is 955. The first kappa shape index (κ1) is 16.3. The Labute approximate surface area is 142 Å². The number of nitrogens with one attached hydrogen (secondary N) is 1. The number of benzene rings is 1. The molecule has 0 unspecified atom stereocenters. The van der Waals surface area contributed by atoms with Crippen LogP contribution < -0.4 is 4.74 Å². The van der Waals surface area contributed by atoms with Gasteiger partial charge in [-0.25, -0.2) is 0 Å². The van der Waals surface area contributed by atoms with Gasteiger partial charge in [0.15, 0.2) is 0 Å². The van der Waals surface area contributed by atoms with Crippen LogP contribution in [-0.2, 0) is 11.2 Å². The summed E-state index contributed by atoms with van der Waals surface area (Å²) in [6, 6.07) is 5.24. The molecule has 0 saturated carbocycles. The van der Waals surface area contributed by atoms with Gasteiger partial charge in [0.25, 0.3) is 5.24 Å². The van der Waals surface area contributed by atoms with Crippen LogP contribution in [-0.4, -0.2) is 28.3 Å². The Hall–Kier alpha value is -2.60. The molecule has 0 bridgehead atoms. The molecule has 0 aliphatic rings. The average Bonchev–Trinajstić information content (AvgIpc) is 3.12. The number of halogens is 1. The average molecular weight is 347 g/mol. The third-order valence-electron chi connectivity index (χ3n) is 3.93. The third kappa shape index (κ3) is 2.49. The van der Waals surface area contributed by atoms with Crippen molar-refractivity contribution in [3.8, 4) is 17.0 Å². The molecular formula is C17H15ClN2O4. The highest BCUT2D eigenvalue weighted by molar-refractivity contribution is 6.83. The van der Waals surface area contributed by atoms with Crippen LogP contribution in [0.15, 0.2) is 22.7 Å². The van der Waals surface area contributed by atoms with E-state index >= 15 is 0 Å².